The minimum absolute atomic E-state index is 0.140. The largest absolute Gasteiger partial charge is 0.302 e. The molecule has 0 aromatic heterocycles. The van der Waals surface area contributed by atoms with Gasteiger partial charge < -0.3 is 4.55 Å². The van der Waals surface area contributed by atoms with Gasteiger partial charge in [0.2, 0.25) is 0 Å². The minimum atomic E-state index is -2.31. The second-order valence-corrected chi connectivity index (χ2v) is 3.92. The number of hydrogen-bond acceptors (Lipinski definition) is 3. The van der Waals surface area contributed by atoms with Gasteiger partial charge in [0, 0.05) is 6.07 Å². The summed E-state index contributed by atoms with van der Waals surface area (Å²) in [5.74, 6) is 0. The fraction of sp³-hybridized carbons (Fsp3) is 0.143. The van der Waals surface area contributed by atoms with Gasteiger partial charge in [0.25, 0.3) is 5.69 Å². The normalized spacial score (nSPS) is 12.5. The predicted octanol–water partition coefficient (Wildman–Crippen LogP) is 2.14. The molecule has 1 aromatic rings. The summed E-state index contributed by atoms with van der Waals surface area (Å²) in [6, 6.07) is 2.59. The van der Waals surface area contributed by atoms with Crippen molar-refractivity contribution < 1.29 is 13.7 Å². The standard InChI is InChI=1S/C7H6ClNO4S/c1-4-2-5(9(10)11)7(8)6(3-4)14(12)13/h2-3H,1H3,(H,12,13). The molecule has 14 heavy (non-hydrogen) atoms. The summed E-state index contributed by atoms with van der Waals surface area (Å²) in [6.07, 6.45) is 0. The summed E-state index contributed by atoms with van der Waals surface area (Å²) in [7, 11) is 0. The lowest BCUT2D eigenvalue weighted by molar-refractivity contribution is -0.385. The Morgan fingerprint density at radius 1 is 1.57 bits per heavy atom. The molecule has 0 aliphatic rings. The third kappa shape index (κ3) is 2.09. The maximum Gasteiger partial charge on any atom is 0.289 e. The Hall–Kier alpha value is -0.980. The van der Waals surface area contributed by atoms with Crippen LogP contribution in [0.1, 0.15) is 5.56 Å². The molecule has 0 heterocycles. The molecule has 7 heteroatoms. The number of rotatable bonds is 2. The Labute approximate surface area is 87.1 Å². The maximum atomic E-state index is 10.8. The van der Waals surface area contributed by atoms with Crippen LogP contribution in [-0.2, 0) is 11.1 Å². The van der Waals surface area contributed by atoms with Gasteiger partial charge in [-0.1, -0.05) is 11.6 Å². The first-order valence-corrected chi connectivity index (χ1v) is 4.97. The molecule has 0 bridgehead atoms. The fourth-order valence-electron chi connectivity index (χ4n) is 0.977. The van der Waals surface area contributed by atoms with E-state index in [0.29, 0.717) is 5.56 Å². The van der Waals surface area contributed by atoms with Crippen LogP contribution < -0.4 is 0 Å². The number of benzene rings is 1. The van der Waals surface area contributed by atoms with E-state index in [1.54, 1.807) is 6.92 Å². The van der Waals surface area contributed by atoms with Gasteiger partial charge in [0.1, 0.15) is 5.02 Å². The van der Waals surface area contributed by atoms with Crippen LogP contribution in [-0.4, -0.2) is 13.7 Å². The van der Waals surface area contributed by atoms with Crippen molar-refractivity contribution >= 4 is 28.4 Å². The molecule has 0 radical (unpaired) electrons. The molecule has 0 amide bonds. The van der Waals surface area contributed by atoms with Crippen molar-refractivity contribution in [2.45, 2.75) is 11.8 Å². The highest BCUT2D eigenvalue weighted by molar-refractivity contribution is 7.79. The van der Waals surface area contributed by atoms with E-state index in [4.69, 9.17) is 16.2 Å². The lowest BCUT2D eigenvalue weighted by Gasteiger charge is -2.01. The molecule has 0 saturated heterocycles. The van der Waals surface area contributed by atoms with Crippen LogP contribution in [0.25, 0.3) is 0 Å². The highest BCUT2D eigenvalue weighted by atomic mass is 35.5. The van der Waals surface area contributed by atoms with Gasteiger partial charge in [0.05, 0.1) is 9.82 Å². The van der Waals surface area contributed by atoms with E-state index < -0.39 is 16.0 Å². The topological polar surface area (TPSA) is 80.4 Å². The van der Waals surface area contributed by atoms with Crippen molar-refractivity contribution in [3.8, 4) is 0 Å². The molecule has 0 aliphatic heterocycles. The summed E-state index contributed by atoms with van der Waals surface area (Å²) in [6.45, 7) is 1.58. The van der Waals surface area contributed by atoms with Crippen LogP contribution in [0.5, 0.6) is 0 Å². The molecule has 0 spiro atoms. The van der Waals surface area contributed by atoms with Crippen LogP contribution in [0, 0.1) is 17.0 Å². The second kappa shape index (κ2) is 4.04. The molecule has 0 aliphatic carbocycles. The molecule has 1 aromatic carbocycles. The summed E-state index contributed by atoms with van der Waals surface area (Å²) < 4.78 is 19.6. The molecule has 5 nitrogen and oxygen atoms in total. The monoisotopic (exact) mass is 235 g/mol. The Morgan fingerprint density at radius 2 is 2.14 bits per heavy atom. The van der Waals surface area contributed by atoms with Crippen LogP contribution in [0.3, 0.4) is 0 Å². The zero-order chi connectivity index (χ0) is 10.9. The first kappa shape index (κ1) is 11.1. The summed E-state index contributed by atoms with van der Waals surface area (Å²) in [5.41, 5.74) is 0.155. The Bertz CT molecular complexity index is 385. The second-order valence-electron chi connectivity index (χ2n) is 2.60. The van der Waals surface area contributed by atoms with Gasteiger partial charge in [-0.25, -0.2) is 4.21 Å². The molecular formula is C7H6ClNO4S. The zero-order valence-electron chi connectivity index (χ0n) is 7.06. The van der Waals surface area contributed by atoms with Crippen LogP contribution in [0.2, 0.25) is 5.02 Å². The van der Waals surface area contributed by atoms with Crippen LogP contribution >= 0.6 is 11.6 Å². The van der Waals surface area contributed by atoms with Crippen molar-refractivity contribution in [1.82, 2.24) is 0 Å². The number of nitro benzene ring substituents is 1. The van der Waals surface area contributed by atoms with E-state index in [9.17, 15) is 14.3 Å². The van der Waals surface area contributed by atoms with E-state index in [0.717, 1.165) is 0 Å². The van der Waals surface area contributed by atoms with Crippen LogP contribution in [0.4, 0.5) is 5.69 Å². The first-order valence-electron chi connectivity index (χ1n) is 3.49. The van der Waals surface area contributed by atoms with Crippen molar-refractivity contribution in [3.05, 3.63) is 32.8 Å². The smallest absolute Gasteiger partial charge is 0.289 e. The number of nitrogens with zero attached hydrogens (tertiary/aromatic N) is 1. The number of halogens is 1. The Kier molecular flexibility index (Phi) is 3.20. The van der Waals surface area contributed by atoms with Gasteiger partial charge in [-0.3, -0.25) is 10.1 Å². The van der Waals surface area contributed by atoms with Crippen molar-refractivity contribution in [2.75, 3.05) is 0 Å². The van der Waals surface area contributed by atoms with Gasteiger partial charge in [-0.15, -0.1) is 0 Å². The van der Waals surface area contributed by atoms with Crippen molar-refractivity contribution in [1.29, 1.82) is 0 Å². The molecule has 0 fully saturated rings. The summed E-state index contributed by atoms with van der Waals surface area (Å²) >= 11 is 3.26. The fourth-order valence-corrected chi connectivity index (χ4v) is 1.90. The number of nitro groups is 1. The third-order valence-corrected chi connectivity index (χ3v) is 2.76. The lowest BCUT2D eigenvalue weighted by Crippen LogP contribution is -1.96. The molecule has 1 rings (SSSR count). The predicted molar refractivity (Wildman–Crippen MR) is 51.9 cm³/mol. The maximum absolute atomic E-state index is 10.8. The number of aryl methyl sites for hydroxylation is 1. The summed E-state index contributed by atoms with van der Waals surface area (Å²) in [4.78, 5) is 9.66. The average Bonchev–Trinajstić information content (AvgIpc) is 2.07. The van der Waals surface area contributed by atoms with E-state index in [1.165, 1.54) is 12.1 Å². The molecule has 1 unspecified atom stereocenters. The van der Waals surface area contributed by atoms with Gasteiger partial charge in [-0.05, 0) is 18.6 Å². The highest BCUT2D eigenvalue weighted by Gasteiger charge is 2.19. The van der Waals surface area contributed by atoms with Gasteiger partial charge in [0.15, 0.2) is 11.1 Å². The zero-order valence-corrected chi connectivity index (χ0v) is 8.63. The summed E-state index contributed by atoms with van der Waals surface area (Å²) in [5, 5.41) is 10.2. The Balaban J connectivity index is 3.47. The highest BCUT2D eigenvalue weighted by Crippen LogP contribution is 2.31. The van der Waals surface area contributed by atoms with Crippen molar-refractivity contribution in [2.24, 2.45) is 0 Å². The molecule has 1 atom stereocenters. The molecule has 76 valence electrons. The first-order chi connectivity index (χ1) is 6.43. The van der Waals surface area contributed by atoms with E-state index in [2.05, 4.69) is 0 Å². The van der Waals surface area contributed by atoms with E-state index >= 15 is 0 Å². The van der Waals surface area contributed by atoms with E-state index in [1.807, 2.05) is 0 Å². The lowest BCUT2D eigenvalue weighted by atomic mass is 10.2. The molecule has 0 saturated carbocycles. The third-order valence-electron chi connectivity index (χ3n) is 1.55. The van der Waals surface area contributed by atoms with Gasteiger partial charge in [-0.2, -0.15) is 0 Å². The quantitative estimate of drug-likeness (QED) is 0.484. The minimum Gasteiger partial charge on any atom is -0.302 e. The van der Waals surface area contributed by atoms with Crippen molar-refractivity contribution in [3.63, 3.8) is 0 Å². The molecular weight excluding hydrogens is 230 g/mol. The van der Waals surface area contributed by atoms with Crippen LogP contribution in [0.15, 0.2) is 17.0 Å². The Morgan fingerprint density at radius 3 is 2.57 bits per heavy atom. The molecule has 1 N–H and O–H groups in total. The van der Waals surface area contributed by atoms with Gasteiger partial charge >= 0.3 is 0 Å². The number of hydrogen-bond donors (Lipinski definition) is 1. The SMILES string of the molecule is Cc1cc([N+](=O)[O-])c(Cl)c(S(=O)O)c1. The average molecular weight is 236 g/mol. The van der Waals surface area contributed by atoms with E-state index in [-0.39, 0.29) is 15.6 Å².